The van der Waals surface area contributed by atoms with Crippen LogP contribution in [0.1, 0.15) is 37.5 Å². The smallest absolute Gasteiger partial charge is 0.273 e. The van der Waals surface area contributed by atoms with E-state index in [4.69, 9.17) is 28.9 Å². The molecule has 8 nitrogen and oxygen atoms in total. The van der Waals surface area contributed by atoms with Gasteiger partial charge in [0.25, 0.3) is 5.91 Å². The topological polar surface area (TPSA) is 106 Å². The molecule has 0 saturated heterocycles. The Morgan fingerprint density at radius 2 is 1.87 bits per heavy atom. The Hall–Kier alpha value is -3.23. The number of benzene rings is 2. The fraction of sp³-hybridized carbons (Fsp3) is 0.190. The number of hydrogen-bond acceptors (Lipinski definition) is 5. The first kappa shape index (κ1) is 22.5. The highest BCUT2D eigenvalue weighted by Gasteiger charge is 2.20. The Balaban J connectivity index is 1.95. The van der Waals surface area contributed by atoms with Crippen LogP contribution in [0, 0.1) is 6.92 Å². The number of hydrogen-bond donors (Lipinski definition) is 1. The summed E-state index contributed by atoms with van der Waals surface area (Å²) in [7, 11) is 3.59. The molecule has 2 aromatic carbocycles. The number of rotatable bonds is 7. The van der Waals surface area contributed by atoms with Gasteiger partial charge in [0, 0.05) is 30.2 Å². The van der Waals surface area contributed by atoms with Crippen LogP contribution < -0.4 is 5.73 Å². The number of halogens is 2. The number of aryl methyl sites for hydroxylation is 1. The van der Waals surface area contributed by atoms with E-state index in [-0.39, 0.29) is 23.8 Å². The molecular formula is C21H20Cl2N6O2. The van der Waals surface area contributed by atoms with Crippen molar-refractivity contribution in [2.75, 3.05) is 14.1 Å². The fourth-order valence-electron chi connectivity index (χ4n) is 2.98. The van der Waals surface area contributed by atoms with Gasteiger partial charge >= 0.3 is 0 Å². The standard InChI is InChI=1S/C21H20Cl2N6O2/c1-12-8-13(9-16(23)17(12)19(30)14-4-6-15(22)7-5-14)10-29-21(25-11-28(2)3)18(20(24)31)26-27-29/h4-9,11H,10H2,1-3H3,(H2,24,31). The van der Waals surface area contributed by atoms with Crippen molar-refractivity contribution in [3.63, 3.8) is 0 Å². The maximum absolute atomic E-state index is 12.9. The summed E-state index contributed by atoms with van der Waals surface area (Å²) in [4.78, 5) is 30.6. The van der Waals surface area contributed by atoms with E-state index in [1.54, 1.807) is 56.3 Å². The summed E-state index contributed by atoms with van der Waals surface area (Å²) in [6.45, 7) is 2.04. The number of aromatic nitrogens is 3. The highest BCUT2D eigenvalue weighted by Crippen LogP contribution is 2.27. The number of amides is 1. The van der Waals surface area contributed by atoms with Crippen LogP contribution in [-0.4, -0.2) is 52.0 Å². The van der Waals surface area contributed by atoms with Crippen LogP contribution in [0.5, 0.6) is 0 Å². The molecule has 0 spiro atoms. The second kappa shape index (κ2) is 9.28. The number of aliphatic imine (C=N–C) groups is 1. The van der Waals surface area contributed by atoms with E-state index in [0.29, 0.717) is 26.7 Å². The van der Waals surface area contributed by atoms with Gasteiger partial charge in [0.15, 0.2) is 17.3 Å². The first-order valence-corrected chi connectivity index (χ1v) is 9.96. The molecule has 1 amide bonds. The quantitative estimate of drug-likeness (QED) is 0.331. The highest BCUT2D eigenvalue weighted by molar-refractivity contribution is 6.35. The third-order valence-electron chi connectivity index (χ3n) is 4.37. The lowest BCUT2D eigenvalue weighted by molar-refractivity contribution is 0.0994. The second-order valence-electron chi connectivity index (χ2n) is 7.10. The molecule has 1 aromatic heterocycles. The molecule has 0 aliphatic carbocycles. The predicted octanol–water partition coefficient (Wildman–Crippen LogP) is 3.49. The zero-order chi connectivity index (χ0) is 22.7. The summed E-state index contributed by atoms with van der Waals surface area (Å²) in [5, 5.41) is 8.69. The molecule has 0 fully saturated rings. The Labute approximate surface area is 189 Å². The molecule has 10 heteroatoms. The SMILES string of the molecule is Cc1cc(Cn2nnc(C(N)=O)c2N=CN(C)C)cc(Cl)c1C(=O)c1ccc(Cl)cc1. The van der Waals surface area contributed by atoms with E-state index in [9.17, 15) is 9.59 Å². The lowest BCUT2D eigenvalue weighted by Crippen LogP contribution is -2.13. The van der Waals surface area contributed by atoms with Crippen molar-refractivity contribution in [1.82, 2.24) is 19.9 Å². The lowest BCUT2D eigenvalue weighted by Gasteiger charge is -2.12. The Bertz CT molecular complexity index is 1150. The Morgan fingerprint density at radius 3 is 2.45 bits per heavy atom. The van der Waals surface area contributed by atoms with Gasteiger partial charge in [-0.1, -0.05) is 34.5 Å². The van der Waals surface area contributed by atoms with E-state index >= 15 is 0 Å². The van der Waals surface area contributed by atoms with Gasteiger partial charge in [0.2, 0.25) is 0 Å². The number of ketones is 1. The molecule has 3 aromatic rings. The number of primary amides is 1. The first-order valence-electron chi connectivity index (χ1n) is 9.20. The van der Waals surface area contributed by atoms with Gasteiger partial charge in [-0.25, -0.2) is 9.67 Å². The zero-order valence-corrected chi connectivity index (χ0v) is 18.6. The average Bonchev–Trinajstić information content (AvgIpc) is 3.09. The largest absolute Gasteiger partial charge is 0.369 e. The molecule has 1 heterocycles. The van der Waals surface area contributed by atoms with Crippen LogP contribution >= 0.6 is 23.2 Å². The summed E-state index contributed by atoms with van der Waals surface area (Å²) < 4.78 is 1.45. The van der Waals surface area contributed by atoms with E-state index in [2.05, 4.69) is 15.3 Å². The molecule has 3 rings (SSSR count). The number of nitrogens with two attached hydrogens (primary N) is 1. The normalized spacial score (nSPS) is 11.1. The minimum atomic E-state index is -0.727. The lowest BCUT2D eigenvalue weighted by atomic mass is 9.97. The van der Waals surface area contributed by atoms with Gasteiger partial charge in [-0.2, -0.15) is 0 Å². The fourth-order valence-corrected chi connectivity index (χ4v) is 3.49. The van der Waals surface area contributed by atoms with Crippen molar-refractivity contribution < 1.29 is 9.59 Å². The van der Waals surface area contributed by atoms with E-state index in [0.717, 1.165) is 5.56 Å². The van der Waals surface area contributed by atoms with Crippen LogP contribution in [0.15, 0.2) is 41.4 Å². The van der Waals surface area contributed by atoms with E-state index in [1.165, 1.54) is 11.0 Å². The summed E-state index contributed by atoms with van der Waals surface area (Å²) in [5.41, 5.74) is 7.72. The summed E-state index contributed by atoms with van der Waals surface area (Å²) in [6, 6.07) is 10.1. The predicted molar refractivity (Wildman–Crippen MR) is 121 cm³/mol. The third-order valence-corrected chi connectivity index (χ3v) is 4.92. The van der Waals surface area contributed by atoms with Crippen LogP contribution in [0.2, 0.25) is 10.0 Å². The summed E-state index contributed by atoms with van der Waals surface area (Å²) >= 11 is 12.4. The van der Waals surface area contributed by atoms with Crippen molar-refractivity contribution in [2.24, 2.45) is 10.7 Å². The number of carbonyl (C=O) groups is 2. The molecule has 160 valence electrons. The molecule has 0 atom stereocenters. The van der Waals surface area contributed by atoms with Crippen LogP contribution in [0.25, 0.3) is 0 Å². The molecule has 0 radical (unpaired) electrons. The average molecular weight is 459 g/mol. The van der Waals surface area contributed by atoms with Gasteiger partial charge in [-0.05, 0) is 48.4 Å². The minimum Gasteiger partial charge on any atom is -0.369 e. The van der Waals surface area contributed by atoms with Gasteiger partial charge < -0.3 is 10.6 Å². The first-order chi connectivity index (χ1) is 14.7. The van der Waals surface area contributed by atoms with Crippen molar-refractivity contribution in [1.29, 1.82) is 0 Å². The van der Waals surface area contributed by atoms with Crippen LogP contribution in [0.4, 0.5) is 5.82 Å². The zero-order valence-electron chi connectivity index (χ0n) is 17.1. The number of nitrogens with zero attached hydrogens (tertiary/aromatic N) is 5. The Morgan fingerprint density at radius 1 is 1.19 bits per heavy atom. The molecule has 0 unspecified atom stereocenters. The highest BCUT2D eigenvalue weighted by atomic mass is 35.5. The van der Waals surface area contributed by atoms with Gasteiger partial charge in [-0.15, -0.1) is 5.10 Å². The van der Waals surface area contributed by atoms with Crippen LogP contribution in [-0.2, 0) is 6.54 Å². The van der Waals surface area contributed by atoms with Gasteiger partial charge in [-0.3, -0.25) is 9.59 Å². The molecule has 0 saturated carbocycles. The maximum Gasteiger partial charge on any atom is 0.273 e. The van der Waals surface area contributed by atoms with E-state index in [1.807, 2.05) is 6.07 Å². The van der Waals surface area contributed by atoms with Gasteiger partial charge in [0.1, 0.15) is 0 Å². The van der Waals surface area contributed by atoms with Crippen molar-refractivity contribution in [3.8, 4) is 0 Å². The van der Waals surface area contributed by atoms with Crippen LogP contribution in [0.3, 0.4) is 0 Å². The summed E-state index contributed by atoms with van der Waals surface area (Å²) in [6.07, 6.45) is 1.52. The van der Waals surface area contributed by atoms with Gasteiger partial charge in [0.05, 0.1) is 17.9 Å². The van der Waals surface area contributed by atoms with Crippen molar-refractivity contribution in [3.05, 3.63) is 74.4 Å². The van der Waals surface area contributed by atoms with Crippen molar-refractivity contribution >= 4 is 47.0 Å². The minimum absolute atomic E-state index is 0.0320. The molecule has 2 N–H and O–H groups in total. The molecule has 31 heavy (non-hydrogen) atoms. The molecule has 0 aliphatic heterocycles. The van der Waals surface area contributed by atoms with E-state index < -0.39 is 5.91 Å². The third kappa shape index (κ3) is 5.10. The maximum atomic E-state index is 12.9. The van der Waals surface area contributed by atoms with Crippen molar-refractivity contribution in [2.45, 2.75) is 13.5 Å². The second-order valence-corrected chi connectivity index (χ2v) is 7.94. The number of carbonyl (C=O) groups excluding carboxylic acids is 2. The molecule has 0 aliphatic rings. The molecular weight excluding hydrogens is 439 g/mol. The Kier molecular flexibility index (Phi) is 6.72. The summed E-state index contributed by atoms with van der Waals surface area (Å²) in [5.74, 6) is -0.690. The molecule has 0 bridgehead atoms. The monoisotopic (exact) mass is 458 g/mol.